The molecule has 1 aliphatic heterocycles. The molecule has 3 atom stereocenters. The molecule has 2 unspecified atom stereocenters. The Morgan fingerprint density at radius 2 is 2.00 bits per heavy atom. The van der Waals surface area contributed by atoms with Gasteiger partial charge in [-0.15, -0.1) is 0 Å². The summed E-state index contributed by atoms with van der Waals surface area (Å²) < 4.78 is 45.4. The first-order chi connectivity index (χ1) is 13.2. The van der Waals surface area contributed by atoms with E-state index in [1.807, 2.05) is 6.92 Å². The Balaban J connectivity index is 1.76. The van der Waals surface area contributed by atoms with Crippen LogP contribution in [0.2, 0.25) is 0 Å². The van der Waals surface area contributed by atoms with Crippen molar-refractivity contribution in [2.75, 3.05) is 6.61 Å². The summed E-state index contributed by atoms with van der Waals surface area (Å²) in [4.78, 5) is 13.2. The molecular formula is C22H30F3NO2. The van der Waals surface area contributed by atoms with E-state index >= 15 is 0 Å². The molecule has 6 heteroatoms. The zero-order valence-corrected chi connectivity index (χ0v) is 16.8. The van der Waals surface area contributed by atoms with E-state index in [9.17, 15) is 18.0 Å². The molecule has 1 aromatic rings. The molecule has 0 bridgehead atoms. The smallest absolute Gasteiger partial charge is 0.365 e. The van der Waals surface area contributed by atoms with Gasteiger partial charge in [-0.1, -0.05) is 32.9 Å². The lowest BCUT2D eigenvalue weighted by molar-refractivity contribution is -0.165. The van der Waals surface area contributed by atoms with Crippen LogP contribution in [-0.2, 0) is 15.7 Å². The highest BCUT2D eigenvalue weighted by Gasteiger charge is 2.54. The van der Waals surface area contributed by atoms with Crippen LogP contribution in [0.3, 0.4) is 0 Å². The van der Waals surface area contributed by atoms with Gasteiger partial charge in [-0.25, -0.2) is 0 Å². The number of hydrogen-bond acceptors (Lipinski definition) is 2. The fourth-order valence-electron chi connectivity index (χ4n) is 4.21. The lowest BCUT2D eigenvalue weighted by Gasteiger charge is -2.41. The third kappa shape index (κ3) is 4.37. The number of alkyl halides is 3. The monoisotopic (exact) mass is 397 g/mol. The zero-order valence-electron chi connectivity index (χ0n) is 16.8. The SMILES string of the molecule is CCC(NC(=O)[C@@]1(C2CC2)CCC(C(C)C)CO1)c1cccc(C(F)(F)F)c1. The Morgan fingerprint density at radius 3 is 2.50 bits per heavy atom. The van der Waals surface area contributed by atoms with E-state index in [0.717, 1.165) is 31.4 Å². The molecule has 0 radical (unpaired) electrons. The number of benzene rings is 1. The minimum Gasteiger partial charge on any atom is -0.365 e. The quantitative estimate of drug-likeness (QED) is 0.688. The van der Waals surface area contributed by atoms with E-state index in [1.54, 1.807) is 6.07 Å². The van der Waals surface area contributed by atoms with Crippen LogP contribution in [0.25, 0.3) is 0 Å². The molecular weight excluding hydrogens is 367 g/mol. The average Bonchev–Trinajstić information content (AvgIpc) is 3.51. The summed E-state index contributed by atoms with van der Waals surface area (Å²) in [6.45, 7) is 6.77. The second-order valence-electron chi connectivity index (χ2n) is 8.58. The predicted molar refractivity (Wildman–Crippen MR) is 102 cm³/mol. The van der Waals surface area contributed by atoms with Crippen molar-refractivity contribution < 1.29 is 22.7 Å². The molecule has 0 spiro atoms. The van der Waals surface area contributed by atoms with Crippen LogP contribution in [0.5, 0.6) is 0 Å². The maximum Gasteiger partial charge on any atom is 0.416 e. The van der Waals surface area contributed by atoms with E-state index < -0.39 is 23.4 Å². The van der Waals surface area contributed by atoms with Crippen molar-refractivity contribution in [2.45, 2.75) is 70.7 Å². The highest BCUT2D eigenvalue weighted by atomic mass is 19.4. The third-order valence-electron chi connectivity index (χ3n) is 6.34. The Labute approximate surface area is 165 Å². The van der Waals surface area contributed by atoms with Crippen molar-refractivity contribution >= 4 is 5.91 Å². The van der Waals surface area contributed by atoms with E-state index in [2.05, 4.69) is 19.2 Å². The summed E-state index contributed by atoms with van der Waals surface area (Å²) in [5.74, 6) is 1.01. The van der Waals surface area contributed by atoms with Crippen LogP contribution < -0.4 is 5.32 Å². The number of ether oxygens (including phenoxy) is 1. The largest absolute Gasteiger partial charge is 0.416 e. The normalized spacial score (nSPS) is 26.9. The molecule has 2 fully saturated rings. The second-order valence-corrected chi connectivity index (χ2v) is 8.58. The van der Waals surface area contributed by atoms with Crippen molar-refractivity contribution in [3.05, 3.63) is 35.4 Å². The first-order valence-corrected chi connectivity index (χ1v) is 10.3. The molecule has 0 aromatic heterocycles. The highest BCUT2D eigenvalue weighted by Crippen LogP contribution is 2.48. The second kappa shape index (κ2) is 8.05. The number of amides is 1. The van der Waals surface area contributed by atoms with E-state index in [1.165, 1.54) is 6.07 Å². The van der Waals surface area contributed by atoms with Crippen LogP contribution >= 0.6 is 0 Å². The molecule has 1 saturated heterocycles. The molecule has 1 saturated carbocycles. The Hall–Kier alpha value is -1.56. The highest BCUT2D eigenvalue weighted by molar-refractivity contribution is 5.86. The first kappa shape index (κ1) is 21.2. The van der Waals surface area contributed by atoms with Gasteiger partial charge in [0.2, 0.25) is 0 Å². The Bertz CT molecular complexity index is 689. The molecule has 28 heavy (non-hydrogen) atoms. The average molecular weight is 397 g/mol. The Kier molecular flexibility index (Phi) is 6.08. The molecule has 3 rings (SSSR count). The summed E-state index contributed by atoms with van der Waals surface area (Å²) >= 11 is 0. The fraction of sp³-hybridized carbons (Fsp3) is 0.682. The van der Waals surface area contributed by atoms with Gasteiger partial charge in [-0.3, -0.25) is 4.79 Å². The van der Waals surface area contributed by atoms with Crippen LogP contribution in [0, 0.1) is 17.8 Å². The van der Waals surface area contributed by atoms with Gasteiger partial charge in [0.05, 0.1) is 18.2 Å². The van der Waals surface area contributed by atoms with Crippen LogP contribution in [0.15, 0.2) is 24.3 Å². The predicted octanol–water partition coefficient (Wildman–Crippen LogP) is 5.50. The first-order valence-electron chi connectivity index (χ1n) is 10.3. The van der Waals surface area contributed by atoms with Crippen LogP contribution in [0.4, 0.5) is 13.2 Å². The number of halogens is 3. The van der Waals surface area contributed by atoms with Crippen molar-refractivity contribution in [3.8, 4) is 0 Å². The van der Waals surface area contributed by atoms with E-state index in [0.29, 0.717) is 36.8 Å². The molecule has 1 heterocycles. The number of carbonyl (C=O) groups is 1. The summed E-state index contributed by atoms with van der Waals surface area (Å²) in [7, 11) is 0. The lowest BCUT2D eigenvalue weighted by atomic mass is 9.80. The maximum atomic E-state index is 13.2. The summed E-state index contributed by atoms with van der Waals surface area (Å²) in [5.41, 5.74) is -1.03. The summed E-state index contributed by atoms with van der Waals surface area (Å²) in [5, 5.41) is 3.01. The summed E-state index contributed by atoms with van der Waals surface area (Å²) in [6, 6.07) is 4.77. The minimum absolute atomic E-state index is 0.165. The molecule has 1 aliphatic carbocycles. The van der Waals surface area contributed by atoms with E-state index in [4.69, 9.17) is 4.74 Å². The number of carbonyl (C=O) groups excluding carboxylic acids is 1. The van der Waals surface area contributed by atoms with E-state index in [-0.39, 0.29) is 11.8 Å². The molecule has 1 amide bonds. The minimum atomic E-state index is -4.40. The van der Waals surface area contributed by atoms with Gasteiger partial charge in [-0.05, 0) is 67.6 Å². The van der Waals surface area contributed by atoms with Gasteiger partial charge in [0.1, 0.15) is 5.60 Å². The lowest BCUT2D eigenvalue weighted by Crippen LogP contribution is -2.54. The molecule has 2 aliphatic rings. The van der Waals surface area contributed by atoms with Crippen LogP contribution in [0.1, 0.15) is 70.0 Å². The van der Waals surface area contributed by atoms with Gasteiger partial charge in [0.25, 0.3) is 5.91 Å². The summed E-state index contributed by atoms with van der Waals surface area (Å²) in [6.07, 6.45) is -0.304. The fourth-order valence-corrected chi connectivity index (χ4v) is 4.21. The standard InChI is InChI=1S/C22H30F3NO2/c1-4-19(15-6-5-7-18(12-15)22(23,24)25)26-20(27)21(17-8-9-17)11-10-16(13-28-21)14(2)3/h5-7,12,14,16-17,19H,4,8-11,13H2,1-3H3,(H,26,27)/t16?,19?,21-/m0/s1. The van der Waals surface area contributed by atoms with Gasteiger partial charge in [-0.2, -0.15) is 13.2 Å². The van der Waals surface area contributed by atoms with Crippen LogP contribution in [-0.4, -0.2) is 18.1 Å². The number of hydrogen-bond donors (Lipinski definition) is 1. The molecule has 3 nitrogen and oxygen atoms in total. The Morgan fingerprint density at radius 1 is 1.29 bits per heavy atom. The van der Waals surface area contributed by atoms with Crippen molar-refractivity contribution in [2.24, 2.45) is 17.8 Å². The van der Waals surface area contributed by atoms with Crippen molar-refractivity contribution in [1.29, 1.82) is 0 Å². The van der Waals surface area contributed by atoms with Crippen molar-refractivity contribution in [1.82, 2.24) is 5.32 Å². The number of nitrogens with one attached hydrogen (secondary N) is 1. The van der Waals surface area contributed by atoms with Gasteiger partial charge < -0.3 is 10.1 Å². The number of rotatable bonds is 6. The molecule has 1 N–H and O–H groups in total. The topological polar surface area (TPSA) is 38.3 Å². The van der Waals surface area contributed by atoms with Crippen molar-refractivity contribution in [3.63, 3.8) is 0 Å². The zero-order chi connectivity index (χ0) is 20.5. The van der Waals surface area contributed by atoms with Gasteiger partial charge in [0, 0.05) is 0 Å². The van der Waals surface area contributed by atoms with Gasteiger partial charge >= 0.3 is 6.18 Å². The maximum absolute atomic E-state index is 13.2. The molecule has 156 valence electrons. The molecule has 1 aromatic carbocycles. The third-order valence-corrected chi connectivity index (χ3v) is 6.34. The van der Waals surface area contributed by atoms with Gasteiger partial charge in [0.15, 0.2) is 0 Å².